The van der Waals surface area contributed by atoms with Gasteiger partial charge in [0.2, 0.25) is 0 Å². The van der Waals surface area contributed by atoms with Gasteiger partial charge in [0.25, 0.3) is 0 Å². The molecular weight excluding hydrogens is 294 g/mol. The maximum absolute atomic E-state index is 5.90. The van der Waals surface area contributed by atoms with Gasteiger partial charge in [-0.15, -0.1) is 0 Å². The standard InChI is InChI=1S/C14H18BrNO2/c1-10-7-13(2)8-18-16-14(13,9-17-10)11-4-3-5-12(15)6-11/h3-6,10,16H,7-9H2,1-2H3/t10-,13-,14+/m0/s1. The summed E-state index contributed by atoms with van der Waals surface area (Å²) in [5.41, 5.74) is 4.30. The number of ether oxygens (including phenoxy) is 1. The number of benzene rings is 1. The summed E-state index contributed by atoms with van der Waals surface area (Å²) in [5, 5.41) is 0. The van der Waals surface area contributed by atoms with Gasteiger partial charge in [0.1, 0.15) is 0 Å². The first-order chi connectivity index (χ1) is 8.56. The lowest BCUT2D eigenvalue weighted by Crippen LogP contribution is -2.56. The highest BCUT2D eigenvalue weighted by atomic mass is 79.9. The number of fused-ring (bicyclic) bond motifs is 1. The maximum atomic E-state index is 5.90. The van der Waals surface area contributed by atoms with Gasteiger partial charge >= 0.3 is 0 Å². The second-order valence-corrected chi connectivity index (χ2v) is 6.61. The van der Waals surface area contributed by atoms with Crippen LogP contribution in [0.4, 0.5) is 0 Å². The van der Waals surface area contributed by atoms with Crippen molar-refractivity contribution in [1.29, 1.82) is 0 Å². The lowest BCUT2D eigenvalue weighted by atomic mass is 9.65. The Morgan fingerprint density at radius 1 is 1.39 bits per heavy atom. The molecule has 3 atom stereocenters. The van der Waals surface area contributed by atoms with Gasteiger partial charge in [-0.1, -0.05) is 35.0 Å². The van der Waals surface area contributed by atoms with Crippen molar-refractivity contribution in [3.63, 3.8) is 0 Å². The fourth-order valence-corrected chi connectivity index (χ4v) is 3.61. The van der Waals surface area contributed by atoms with Crippen molar-refractivity contribution in [2.75, 3.05) is 13.2 Å². The largest absolute Gasteiger partial charge is 0.376 e. The summed E-state index contributed by atoms with van der Waals surface area (Å²) < 4.78 is 6.98. The molecule has 1 aromatic carbocycles. The van der Waals surface area contributed by atoms with E-state index in [0.29, 0.717) is 12.7 Å². The molecule has 2 saturated heterocycles. The van der Waals surface area contributed by atoms with Crippen LogP contribution in [-0.2, 0) is 15.1 Å². The van der Waals surface area contributed by atoms with E-state index in [1.54, 1.807) is 0 Å². The van der Waals surface area contributed by atoms with Crippen molar-refractivity contribution in [2.24, 2.45) is 5.41 Å². The van der Waals surface area contributed by atoms with Gasteiger partial charge < -0.3 is 9.57 Å². The SMILES string of the molecule is C[C@H]1C[C@@]2(C)CON[C@@]2(c2cccc(Br)c2)CO1. The number of nitrogens with one attached hydrogen (secondary N) is 1. The number of halogens is 1. The predicted molar refractivity (Wildman–Crippen MR) is 73.0 cm³/mol. The molecule has 1 N–H and O–H groups in total. The van der Waals surface area contributed by atoms with Gasteiger partial charge in [0, 0.05) is 9.89 Å². The van der Waals surface area contributed by atoms with E-state index in [9.17, 15) is 0 Å². The van der Waals surface area contributed by atoms with Crippen LogP contribution in [0.5, 0.6) is 0 Å². The normalized spacial score (nSPS) is 39.6. The molecule has 1 aromatic rings. The Balaban J connectivity index is 2.07. The Morgan fingerprint density at radius 3 is 3.00 bits per heavy atom. The van der Waals surface area contributed by atoms with Crippen molar-refractivity contribution in [3.8, 4) is 0 Å². The zero-order chi connectivity index (χ0) is 12.8. The third kappa shape index (κ3) is 1.74. The molecule has 4 heteroatoms. The molecule has 18 heavy (non-hydrogen) atoms. The van der Waals surface area contributed by atoms with Crippen molar-refractivity contribution < 1.29 is 9.57 Å². The Morgan fingerprint density at radius 2 is 2.22 bits per heavy atom. The molecule has 0 spiro atoms. The van der Waals surface area contributed by atoms with Gasteiger partial charge in [-0.05, 0) is 31.0 Å². The van der Waals surface area contributed by atoms with Crippen LogP contribution in [0.15, 0.2) is 28.7 Å². The molecule has 0 aliphatic carbocycles. The molecule has 2 aliphatic rings. The number of rotatable bonds is 1. The van der Waals surface area contributed by atoms with Crippen LogP contribution in [-0.4, -0.2) is 19.3 Å². The Hall–Kier alpha value is -0.420. The van der Waals surface area contributed by atoms with Crippen LogP contribution in [0.3, 0.4) is 0 Å². The molecule has 2 fully saturated rings. The fourth-order valence-electron chi connectivity index (χ4n) is 3.21. The number of hydrogen-bond donors (Lipinski definition) is 1. The molecular formula is C14H18BrNO2. The lowest BCUT2D eigenvalue weighted by Gasteiger charge is -2.47. The first-order valence-corrected chi connectivity index (χ1v) is 7.12. The Bertz CT molecular complexity index is 467. The summed E-state index contributed by atoms with van der Waals surface area (Å²) in [6, 6.07) is 8.40. The van der Waals surface area contributed by atoms with Gasteiger partial charge in [0.15, 0.2) is 0 Å². The van der Waals surface area contributed by atoms with E-state index >= 15 is 0 Å². The van der Waals surface area contributed by atoms with Crippen LogP contribution in [0.2, 0.25) is 0 Å². The average molecular weight is 312 g/mol. The van der Waals surface area contributed by atoms with Crippen LogP contribution < -0.4 is 5.48 Å². The number of hydrogen-bond acceptors (Lipinski definition) is 3. The van der Waals surface area contributed by atoms with Crippen molar-refractivity contribution in [1.82, 2.24) is 5.48 Å². The molecule has 3 rings (SSSR count). The maximum Gasteiger partial charge on any atom is 0.0990 e. The molecule has 0 saturated carbocycles. The van der Waals surface area contributed by atoms with Gasteiger partial charge in [-0.3, -0.25) is 0 Å². The summed E-state index contributed by atoms with van der Waals surface area (Å²) in [7, 11) is 0. The first-order valence-electron chi connectivity index (χ1n) is 6.32. The van der Waals surface area contributed by atoms with Crippen LogP contribution in [0.25, 0.3) is 0 Å². The third-order valence-corrected chi connectivity index (χ3v) is 4.80. The predicted octanol–water partition coefficient (Wildman–Crippen LogP) is 2.99. The van der Waals surface area contributed by atoms with Crippen LogP contribution >= 0.6 is 15.9 Å². The zero-order valence-electron chi connectivity index (χ0n) is 10.7. The van der Waals surface area contributed by atoms with Gasteiger partial charge in [-0.25, -0.2) is 0 Å². The summed E-state index contributed by atoms with van der Waals surface area (Å²) >= 11 is 3.54. The van der Waals surface area contributed by atoms with Gasteiger partial charge in [-0.2, -0.15) is 5.48 Å². The molecule has 0 amide bonds. The van der Waals surface area contributed by atoms with E-state index < -0.39 is 0 Å². The zero-order valence-corrected chi connectivity index (χ0v) is 12.3. The van der Waals surface area contributed by atoms with Crippen LogP contribution in [0, 0.1) is 5.41 Å². The topological polar surface area (TPSA) is 30.5 Å². The van der Waals surface area contributed by atoms with Gasteiger partial charge in [0.05, 0.1) is 24.9 Å². The Labute approximate surface area is 116 Å². The van der Waals surface area contributed by atoms with E-state index in [1.165, 1.54) is 5.56 Å². The summed E-state index contributed by atoms with van der Waals surface area (Å²) in [6.07, 6.45) is 1.30. The third-order valence-electron chi connectivity index (χ3n) is 4.31. The van der Waals surface area contributed by atoms with E-state index in [-0.39, 0.29) is 11.0 Å². The van der Waals surface area contributed by atoms with Crippen molar-refractivity contribution in [2.45, 2.75) is 31.9 Å². The second kappa shape index (κ2) is 4.30. The summed E-state index contributed by atoms with van der Waals surface area (Å²) in [6.45, 7) is 5.80. The molecule has 3 nitrogen and oxygen atoms in total. The molecule has 2 heterocycles. The number of hydroxylamine groups is 1. The minimum atomic E-state index is -0.233. The van der Waals surface area contributed by atoms with Crippen LogP contribution in [0.1, 0.15) is 25.8 Å². The summed E-state index contributed by atoms with van der Waals surface area (Å²) in [4.78, 5) is 5.60. The van der Waals surface area contributed by atoms with Crippen molar-refractivity contribution >= 4 is 15.9 Å². The van der Waals surface area contributed by atoms with Crippen molar-refractivity contribution in [3.05, 3.63) is 34.3 Å². The fraction of sp³-hybridized carbons (Fsp3) is 0.571. The van der Waals surface area contributed by atoms with E-state index in [4.69, 9.17) is 9.57 Å². The molecule has 98 valence electrons. The smallest absolute Gasteiger partial charge is 0.0990 e. The molecule has 0 radical (unpaired) electrons. The Kier molecular flexibility index (Phi) is 3.01. The molecule has 2 aliphatic heterocycles. The quantitative estimate of drug-likeness (QED) is 0.865. The monoisotopic (exact) mass is 311 g/mol. The average Bonchev–Trinajstić information content (AvgIpc) is 2.66. The first kappa shape index (κ1) is 12.6. The van der Waals surface area contributed by atoms with E-state index in [1.807, 2.05) is 6.07 Å². The molecule has 0 bridgehead atoms. The molecule has 0 aromatic heterocycles. The minimum Gasteiger partial charge on any atom is -0.376 e. The summed E-state index contributed by atoms with van der Waals surface area (Å²) in [5.74, 6) is 0. The minimum absolute atomic E-state index is 0.0749. The highest BCUT2D eigenvalue weighted by molar-refractivity contribution is 9.10. The lowest BCUT2D eigenvalue weighted by molar-refractivity contribution is -0.0912. The highest BCUT2D eigenvalue weighted by Gasteiger charge is 2.57. The second-order valence-electron chi connectivity index (χ2n) is 5.69. The highest BCUT2D eigenvalue weighted by Crippen LogP contribution is 2.50. The molecule has 0 unspecified atom stereocenters. The van der Waals surface area contributed by atoms with E-state index in [2.05, 4.69) is 53.5 Å². The van der Waals surface area contributed by atoms with E-state index in [0.717, 1.165) is 17.5 Å².